The van der Waals surface area contributed by atoms with Gasteiger partial charge in [-0.2, -0.15) is 5.10 Å². The first kappa shape index (κ1) is 23.8. The minimum Gasteiger partial charge on any atom is -0.484 e. The van der Waals surface area contributed by atoms with Crippen molar-refractivity contribution in [2.45, 2.75) is 13.2 Å². The van der Waals surface area contributed by atoms with Gasteiger partial charge in [0, 0.05) is 21.3 Å². The smallest absolute Gasteiger partial charge is 0.292 e. The number of carbonyl (C=O) groups is 1. The molecule has 0 aliphatic carbocycles. The molecule has 33 heavy (non-hydrogen) atoms. The van der Waals surface area contributed by atoms with Gasteiger partial charge >= 0.3 is 0 Å². The van der Waals surface area contributed by atoms with Crippen molar-refractivity contribution in [2.75, 3.05) is 5.32 Å². The average molecular weight is 618 g/mol. The van der Waals surface area contributed by atoms with Crippen LogP contribution in [-0.2, 0) is 13.2 Å². The van der Waals surface area contributed by atoms with Gasteiger partial charge in [-0.15, -0.1) is 0 Å². The van der Waals surface area contributed by atoms with Gasteiger partial charge in [0.2, 0.25) is 0 Å². The van der Waals surface area contributed by atoms with Crippen LogP contribution in [0.3, 0.4) is 0 Å². The molecule has 1 N–H and O–H groups in total. The van der Waals surface area contributed by atoms with Gasteiger partial charge < -0.3 is 14.5 Å². The number of furan rings is 1. The van der Waals surface area contributed by atoms with Crippen LogP contribution in [0.5, 0.6) is 5.75 Å². The Labute approximate surface area is 214 Å². The van der Waals surface area contributed by atoms with Crippen LogP contribution >= 0.6 is 55.1 Å². The maximum Gasteiger partial charge on any atom is 0.292 e. The summed E-state index contributed by atoms with van der Waals surface area (Å²) in [7, 11) is 0. The first-order valence-electron chi connectivity index (χ1n) is 9.44. The molecule has 4 aromatic rings. The number of halogens is 5. The molecule has 4 rings (SSSR count). The minimum atomic E-state index is -0.502. The van der Waals surface area contributed by atoms with Crippen molar-refractivity contribution in [1.29, 1.82) is 0 Å². The number of aromatic nitrogens is 2. The van der Waals surface area contributed by atoms with Crippen LogP contribution in [0.15, 0.2) is 68.1 Å². The van der Waals surface area contributed by atoms with Gasteiger partial charge in [-0.25, -0.2) is 4.39 Å². The zero-order valence-electron chi connectivity index (χ0n) is 16.6. The Morgan fingerprint density at radius 2 is 1.97 bits per heavy atom. The Bertz CT molecular complexity index is 1310. The standard InChI is InChI=1S/C22H14Br2Cl2FN3O3/c23-12-4-6-19(17(26)8-12)32-11-13-5-7-20(33-13)22(31)28-21-15(24)10-30(29-21)9-14-16(25)2-1-3-18(14)27/h1-8,10H,9,11H2,(H,28,29,31). The molecule has 0 radical (unpaired) electrons. The maximum absolute atomic E-state index is 14.0. The average Bonchev–Trinajstić information content (AvgIpc) is 3.37. The number of carbonyl (C=O) groups excluding carboxylic acids is 1. The second-order valence-corrected chi connectivity index (χ2v) is 9.39. The lowest BCUT2D eigenvalue weighted by Crippen LogP contribution is -2.12. The highest BCUT2D eigenvalue weighted by atomic mass is 79.9. The number of nitrogens with one attached hydrogen (secondary N) is 1. The first-order chi connectivity index (χ1) is 15.8. The van der Waals surface area contributed by atoms with Crippen LogP contribution in [0.4, 0.5) is 10.2 Å². The molecule has 11 heteroatoms. The molecular formula is C22H14Br2Cl2FN3O3. The summed E-state index contributed by atoms with van der Waals surface area (Å²) >= 11 is 18.9. The van der Waals surface area contributed by atoms with Crippen LogP contribution in [0.2, 0.25) is 10.0 Å². The van der Waals surface area contributed by atoms with E-state index < -0.39 is 11.7 Å². The Morgan fingerprint density at radius 1 is 1.15 bits per heavy atom. The number of nitrogens with zero attached hydrogens (tertiary/aromatic N) is 2. The van der Waals surface area contributed by atoms with Crippen LogP contribution in [-0.4, -0.2) is 15.7 Å². The third kappa shape index (κ3) is 5.78. The van der Waals surface area contributed by atoms with E-state index in [1.165, 1.54) is 22.9 Å². The monoisotopic (exact) mass is 615 g/mol. The molecule has 2 heterocycles. The molecule has 170 valence electrons. The highest BCUT2D eigenvalue weighted by molar-refractivity contribution is 9.10. The molecule has 0 aliphatic heterocycles. The summed E-state index contributed by atoms with van der Waals surface area (Å²) in [4.78, 5) is 12.6. The topological polar surface area (TPSA) is 69.3 Å². The molecule has 0 bridgehead atoms. The summed E-state index contributed by atoms with van der Waals surface area (Å²) in [5.74, 6) is 0.328. The molecule has 0 saturated carbocycles. The number of benzene rings is 2. The maximum atomic E-state index is 14.0. The van der Waals surface area contributed by atoms with Crippen LogP contribution in [0.1, 0.15) is 21.9 Å². The summed E-state index contributed by atoms with van der Waals surface area (Å²) in [6, 6.07) is 12.9. The van der Waals surface area contributed by atoms with Crippen molar-refractivity contribution < 1.29 is 18.3 Å². The summed E-state index contributed by atoms with van der Waals surface area (Å²) in [5, 5.41) is 7.68. The lowest BCUT2D eigenvalue weighted by atomic mass is 10.2. The summed E-state index contributed by atoms with van der Waals surface area (Å²) in [6.07, 6.45) is 1.61. The molecule has 2 aromatic heterocycles. The van der Waals surface area contributed by atoms with E-state index >= 15 is 0 Å². The quantitative estimate of drug-likeness (QED) is 0.236. The van der Waals surface area contributed by atoms with Crippen molar-refractivity contribution in [2.24, 2.45) is 0 Å². The largest absolute Gasteiger partial charge is 0.484 e. The SMILES string of the molecule is O=C(Nc1nn(Cc2c(F)cccc2Cl)cc1Br)c1ccc(COc2ccc(Br)cc2Cl)o1. The molecular weight excluding hydrogens is 604 g/mol. The van der Waals surface area contributed by atoms with Gasteiger partial charge in [0.05, 0.1) is 16.0 Å². The van der Waals surface area contributed by atoms with Gasteiger partial charge in [-0.05, 0) is 58.4 Å². The Hall–Kier alpha value is -2.33. The van der Waals surface area contributed by atoms with Crippen molar-refractivity contribution >= 4 is 66.8 Å². The molecule has 6 nitrogen and oxygen atoms in total. The molecule has 2 aromatic carbocycles. The molecule has 0 fully saturated rings. The van der Waals surface area contributed by atoms with Crippen LogP contribution in [0.25, 0.3) is 0 Å². The summed E-state index contributed by atoms with van der Waals surface area (Å²) in [5.41, 5.74) is 0.300. The lowest BCUT2D eigenvalue weighted by Gasteiger charge is -2.06. The predicted octanol–water partition coefficient (Wildman–Crippen LogP) is 7.33. The Morgan fingerprint density at radius 3 is 2.73 bits per heavy atom. The van der Waals surface area contributed by atoms with Crippen molar-refractivity contribution in [3.8, 4) is 5.75 Å². The highest BCUT2D eigenvalue weighted by Crippen LogP contribution is 2.29. The minimum absolute atomic E-state index is 0.0779. The van der Waals surface area contributed by atoms with E-state index in [0.29, 0.717) is 31.6 Å². The van der Waals surface area contributed by atoms with E-state index in [-0.39, 0.29) is 24.7 Å². The van der Waals surface area contributed by atoms with E-state index in [1.807, 2.05) is 0 Å². The van der Waals surface area contributed by atoms with Gasteiger partial charge in [0.1, 0.15) is 23.9 Å². The zero-order valence-corrected chi connectivity index (χ0v) is 21.3. The number of anilines is 1. The van der Waals surface area contributed by atoms with Gasteiger partial charge in [0.15, 0.2) is 11.6 Å². The number of ether oxygens (including phenoxy) is 1. The van der Waals surface area contributed by atoms with Gasteiger partial charge in [-0.3, -0.25) is 9.48 Å². The van der Waals surface area contributed by atoms with Crippen LogP contribution in [0, 0.1) is 5.82 Å². The zero-order chi connectivity index (χ0) is 23.5. The summed E-state index contributed by atoms with van der Waals surface area (Å²) < 4.78 is 28.1. The number of rotatable bonds is 7. The first-order valence-corrected chi connectivity index (χ1v) is 11.8. The van der Waals surface area contributed by atoms with Crippen LogP contribution < -0.4 is 10.1 Å². The van der Waals surface area contributed by atoms with E-state index in [0.717, 1.165) is 4.47 Å². The Balaban J connectivity index is 1.40. The second-order valence-electron chi connectivity index (χ2n) is 6.81. The van der Waals surface area contributed by atoms with Gasteiger partial charge in [-0.1, -0.05) is 45.2 Å². The van der Waals surface area contributed by atoms with E-state index in [4.69, 9.17) is 32.4 Å². The molecule has 0 spiro atoms. The number of hydrogen-bond donors (Lipinski definition) is 1. The second kappa shape index (κ2) is 10.3. The third-order valence-electron chi connectivity index (χ3n) is 4.48. The highest BCUT2D eigenvalue weighted by Gasteiger charge is 2.17. The molecule has 0 saturated heterocycles. The fraction of sp³-hybridized carbons (Fsp3) is 0.0909. The fourth-order valence-corrected chi connectivity index (χ4v) is 4.26. The van der Waals surface area contributed by atoms with Crippen molar-refractivity contribution in [3.63, 3.8) is 0 Å². The Kier molecular flexibility index (Phi) is 7.43. The molecule has 0 unspecified atom stereocenters. The number of hydrogen-bond acceptors (Lipinski definition) is 4. The fourth-order valence-electron chi connectivity index (χ4n) is 2.90. The van der Waals surface area contributed by atoms with E-state index in [2.05, 4.69) is 42.3 Å². The van der Waals surface area contributed by atoms with Gasteiger partial charge in [0.25, 0.3) is 5.91 Å². The van der Waals surface area contributed by atoms with E-state index in [1.54, 1.807) is 36.5 Å². The third-order valence-corrected chi connectivity index (χ3v) is 6.20. The van der Waals surface area contributed by atoms with Crippen molar-refractivity contribution in [3.05, 3.63) is 96.6 Å². The number of amides is 1. The molecule has 0 aliphatic rings. The lowest BCUT2D eigenvalue weighted by molar-refractivity contribution is 0.0992. The summed E-state index contributed by atoms with van der Waals surface area (Å²) in [6.45, 7) is 0.192. The predicted molar refractivity (Wildman–Crippen MR) is 131 cm³/mol. The van der Waals surface area contributed by atoms with E-state index in [9.17, 15) is 9.18 Å². The normalized spacial score (nSPS) is 10.9. The van der Waals surface area contributed by atoms with Crippen molar-refractivity contribution in [1.82, 2.24) is 9.78 Å². The molecule has 1 amide bonds. The molecule has 0 atom stereocenters.